The Morgan fingerprint density at radius 3 is 2.95 bits per heavy atom. The minimum atomic E-state index is -3.68. The average Bonchev–Trinajstić information content (AvgIpc) is 3.03. The number of rotatable bonds is 3. The van der Waals surface area contributed by atoms with Crippen LogP contribution in [0.4, 0.5) is 0 Å². The van der Waals surface area contributed by atoms with Crippen molar-refractivity contribution in [2.24, 2.45) is 11.3 Å². The number of carboxylic acid groups (broad SMARTS) is 1. The molecule has 0 aliphatic carbocycles. The summed E-state index contributed by atoms with van der Waals surface area (Å²) in [7, 11) is -3.68. The van der Waals surface area contributed by atoms with E-state index >= 15 is 0 Å². The molecule has 0 saturated carbocycles. The summed E-state index contributed by atoms with van der Waals surface area (Å²) < 4.78 is 32.0. The van der Waals surface area contributed by atoms with Crippen molar-refractivity contribution in [2.45, 2.75) is 17.6 Å². The Bertz CT molecular complexity index is 671. The van der Waals surface area contributed by atoms with Crippen LogP contribution in [-0.4, -0.2) is 55.1 Å². The molecule has 3 heterocycles. The Kier molecular flexibility index (Phi) is 3.55. The van der Waals surface area contributed by atoms with Gasteiger partial charge in [0.1, 0.15) is 5.41 Å². The van der Waals surface area contributed by atoms with Crippen LogP contribution in [-0.2, 0) is 19.6 Å². The Labute approximate surface area is 126 Å². The van der Waals surface area contributed by atoms with E-state index in [1.54, 1.807) is 6.92 Å². The van der Waals surface area contributed by atoms with Crippen molar-refractivity contribution in [3.8, 4) is 0 Å². The molecule has 0 spiro atoms. The van der Waals surface area contributed by atoms with Gasteiger partial charge in [0.05, 0.1) is 17.8 Å². The van der Waals surface area contributed by atoms with Crippen molar-refractivity contribution >= 4 is 27.3 Å². The number of sulfonamides is 1. The third kappa shape index (κ3) is 2.28. The number of carbonyl (C=O) groups is 1. The maximum absolute atomic E-state index is 12.6. The number of hydrogen-bond acceptors (Lipinski definition) is 6. The molecule has 0 amide bonds. The van der Waals surface area contributed by atoms with Gasteiger partial charge in [0.2, 0.25) is 0 Å². The number of nitrogens with zero attached hydrogens (tertiary/aromatic N) is 2. The summed E-state index contributed by atoms with van der Waals surface area (Å²) in [6.45, 7) is 2.48. The van der Waals surface area contributed by atoms with Crippen LogP contribution in [0.3, 0.4) is 0 Å². The Hall–Kier alpha value is -1.03. The smallest absolute Gasteiger partial charge is 0.313 e. The molecule has 2 fully saturated rings. The van der Waals surface area contributed by atoms with Crippen molar-refractivity contribution in [3.63, 3.8) is 0 Å². The quantitative estimate of drug-likeness (QED) is 0.869. The monoisotopic (exact) mass is 332 g/mol. The van der Waals surface area contributed by atoms with E-state index < -0.39 is 21.4 Å². The molecule has 2 saturated heterocycles. The number of aryl methyl sites for hydroxylation is 1. The fourth-order valence-electron chi connectivity index (χ4n) is 3.02. The number of thiazole rings is 1. The Balaban J connectivity index is 1.93. The van der Waals surface area contributed by atoms with Gasteiger partial charge in [-0.05, 0) is 19.3 Å². The Morgan fingerprint density at radius 1 is 1.62 bits per heavy atom. The van der Waals surface area contributed by atoms with E-state index in [1.807, 2.05) is 0 Å². The Morgan fingerprint density at radius 2 is 2.38 bits per heavy atom. The van der Waals surface area contributed by atoms with Gasteiger partial charge in [-0.2, -0.15) is 4.31 Å². The van der Waals surface area contributed by atoms with Crippen molar-refractivity contribution in [3.05, 3.63) is 11.2 Å². The van der Waals surface area contributed by atoms with Gasteiger partial charge in [-0.25, -0.2) is 13.4 Å². The fourth-order valence-corrected chi connectivity index (χ4v) is 5.83. The summed E-state index contributed by atoms with van der Waals surface area (Å²) in [5.41, 5.74) is -1.12. The lowest BCUT2D eigenvalue weighted by molar-refractivity contribution is -0.159. The lowest BCUT2D eigenvalue weighted by Crippen LogP contribution is -2.46. The van der Waals surface area contributed by atoms with E-state index in [0.717, 1.165) is 11.3 Å². The standard InChI is InChI=1S/C12H16N2O5S2/c1-8-13-4-10(20-8)21(17,18)14-5-9-2-3-19-7-12(9,6-14)11(15)16/h4,9H,2-3,5-7H2,1H3,(H,15,16)/t9-,12+/m0/s1. The third-order valence-corrected chi connectivity index (χ3v) is 7.42. The average molecular weight is 332 g/mol. The minimum absolute atomic E-state index is 0.0354. The highest BCUT2D eigenvalue weighted by Crippen LogP contribution is 2.43. The molecule has 2 aliphatic heterocycles. The van der Waals surface area contributed by atoms with Crippen LogP contribution in [0.2, 0.25) is 0 Å². The van der Waals surface area contributed by atoms with Crippen molar-refractivity contribution in [1.29, 1.82) is 0 Å². The summed E-state index contributed by atoms with van der Waals surface area (Å²) in [6.07, 6.45) is 1.90. The van der Waals surface area contributed by atoms with Crippen LogP contribution < -0.4 is 0 Å². The van der Waals surface area contributed by atoms with E-state index in [9.17, 15) is 18.3 Å². The van der Waals surface area contributed by atoms with Crippen LogP contribution in [0, 0.1) is 18.3 Å². The first kappa shape index (κ1) is 14.9. The maximum Gasteiger partial charge on any atom is 0.313 e. The largest absolute Gasteiger partial charge is 0.481 e. The summed E-state index contributed by atoms with van der Waals surface area (Å²) >= 11 is 1.10. The molecular weight excluding hydrogens is 316 g/mol. The molecule has 3 rings (SSSR count). The van der Waals surface area contributed by atoms with Gasteiger partial charge in [0.15, 0.2) is 4.21 Å². The highest BCUT2D eigenvalue weighted by Gasteiger charge is 2.56. The number of ether oxygens (including phenoxy) is 1. The van der Waals surface area contributed by atoms with E-state index in [-0.39, 0.29) is 29.8 Å². The molecule has 0 radical (unpaired) electrons. The molecule has 7 nitrogen and oxygen atoms in total. The molecule has 9 heteroatoms. The van der Waals surface area contributed by atoms with Gasteiger partial charge in [-0.15, -0.1) is 11.3 Å². The topological polar surface area (TPSA) is 96.8 Å². The highest BCUT2D eigenvalue weighted by molar-refractivity contribution is 7.91. The van der Waals surface area contributed by atoms with Crippen molar-refractivity contribution in [2.75, 3.05) is 26.3 Å². The molecule has 116 valence electrons. The zero-order valence-corrected chi connectivity index (χ0v) is 13.1. The third-order valence-electron chi connectivity index (χ3n) is 4.25. The highest BCUT2D eigenvalue weighted by atomic mass is 32.2. The van der Waals surface area contributed by atoms with Crippen molar-refractivity contribution < 1.29 is 23.1 Å². The first-order valence-corrected chi connectivity index (χ1v) is 8.86. The van der Waals surface area contributed by atoms with Crippen LogP contribution in [0.1, 0.15) is 11.4 Å². The molecule has 21 heavy (non-hydrogen) atoms. The molecule has 1 aromatic rings. The summed E-state index contributed by atoms with van der Waals surface area (Å²) in [4.78, 5) is 15.6. The number of carboxylic acids is 1. The van der Waals surface area contributed by atoms with Gasteiger partial charge >= 0.3 is 5.97 Å². The molecule has 0 unspecified atom stereocenters. The second-order valence-electron chi connectivity index (χ2n) is 5.50. The molecule has 1 aromatic heterocycles. The fraction of sp³-hybridized carbons (Fsp3) is 0.667. The maximum atomic E-state index is 12.6. The van der Waals surface area contributed by atoms with Gasteiger partial charge < -0.3 is 9.84 Å². The normalized spacial score (nSPS) is 30.2. The molecule has 2 atom stereocenters. The van der Waals surface area contributed by atoms with Crippen LogP contribution in [0.25, 0.3) is 0 Å². The predicted octanol–water partition coefficient (Wildman–Crippen LogP) is 0.563. The zero-order chi connectivity index (χ0) is 15.3. The number of fused-ring (bicyclic) bond motifs is 1. The molecule has 1 N–H and O–H groups in total. The van der Waals surface area contributed by atoms with E-state index in [0.29, 0.717) is 18.0 Å². The number of hydrogen-bond donors (Lipinski definition) is 1. The molecular formula is C12H16N2O5S2. The van der Waals surface area contributed by atoms with E-state index in [1.165, 1.54) is 10.5 Å². The summed E-state index contributed by atoms with van der Waals surface area (Å²) in [6, 6.07) is 0. The number of aromatic nitrogens is 1. The SMILES string of the molecule is Cc1ncc(S(=O)(=O)N2C[C@@H]3CCOC[C@]3(C(=O)O)C2)s1. The minimum Gasteiger partial charge on any atom is -0.481 e. The summed E-state index contributed by atoms with van der Waals surface area (Å²) in [5.74, 6) is -1.18. The van der Waals surface area contributed by atoms with Gasteiger partial charge in [0, 0.05) is 19.7 Å². The van der Waals surface area contributed by atoms with Gasteiger partial charge in [0.25, 0.3) is 10.0 Å². The molecule has 0 bridgehead atoms. The van der Waals surface area contributed by atoms with E-state index in [2.05, 4.69) is 4.98 Å². The molecule has 0 aromatic carbocycles. The van der Waals surface area contributed by atoms with Crippen LogP contribution in [0.15, 0.2) is 10.4 Å². The second-order valence-corrected chi connectivity index (χ2v) is 8.89. The summed E-state index contributed by atoms with van der Waals surface area (Å²) in [5, 5.41) is 10.2. The van der Waals surface area contributed by atoms with Crippen LogP contribution in [0.5, 0.6) is 0 Å². The van der Waals surface area contributed by atoms with Crippen molar-refractivity contribution in [1.82, 2.24) is 9.29 Å². The van der Waals surface area contributed by atoms with Gasteiger partial charge in [-0.1, -0.05) is 0 Å². The second kappa shape index (κ2) is 5.01. The predicted molar refractivity (Wildman–Crippen MR) is 74.6 cm³/mol. The zero-order valence-electron chi connectivity index (χ0n) is 11.5. The first-order chi connectivity index (χ1) is 9.86. The molecule has 2 aliphatic rings. The lowest BCUT2D eigenvalue weighted by Gasteiger charge is -2.34. The number of aliphatic carboxylic acids is 1. The lowest BCUT2D eigenvalue weighted by atomic mass is 9.76. The van der Waals surface area contributed by atoms with Crippen LogP contribution >= 0.6 is 11.3 Å². The first-order valence-electron chi connectivity index (χ1n) is 6.60. The van der Waals surface area contributed by atoms with Gasteiger partial charge in [-0.3, -0.25) is 4.79 Å². The van der Waals surface area contributed by atoms with E-state index in [4.69, 9.17) is 4.74 Å².